The highest BCUT2D eigenvalue weighted by atomic mass is 35.5. The average Bonchev–Trinajstić information content (AvgIpc) is 2.59. The molecule has 0 fully saturated rings. The highest BCUT2D eigenvalue weighted by molar-refractivity contribution is 6.30. The summed E-state index contributed by atoms with van der Waals surface area (Å²) in [5.41, 5.74) is 0. The molecular weight excluding hydrogens is 318 g/mol. The molecule has 6 heteroatoms. The number of ether oxygens (including phenoxy) is 3. The van der Waals surface area contributed by atoms with E-state index in [0.717, 1.165) is 5.75 Å². The summed E-state index contributed by atoms with van der Waals surface area (Å²) in [7, 11) is 0. The minimum atomic E-state index is -0.220. The van der Waals surface area contributed by atoms with E-state index in [-0.39, 0.29) is 18.6 Å². The van der Waals surface area contributed by atoms with Gasteiger partial charge in [-0.25, -0.2) is 0 Å². The second kappa shape index (κ2) is 7.24. The van der Waals surface area contributed by atoms with Crippen LogP contribution >= 0.6 is 11.6 Å². The van der Waals surface area contributed by atoms with Crippen molar-refractivity contribution in [1.29, 1.82) is 0 Å². The Morgan fingerprint density at radius 3 is 2.70 bits per heavy atom. The minimum Gasteiger partial charge on any atom is -0.486 e. The van der Waals surface area contributed by atoms with Crippen LogP contribution < -0.4 is 19.5 Å². The maximum absolute atomic E-state index is 11.8. The molecule has 5 nitrogen and oxygen atoms in total. The smallest absolute Gasteiger partial charge is 0.258 e. The fourth-order valence-corrected chi connectivity index (χ4v) is 2.25. The van der Waals surface area contributed by atoms with E-state index in [4.69, 9.17) is 25.8 Å². The number of para-hydroxylation sites is 2. The molecule has 0 saturated heterocycles. The third-order valence-electron chi connectivity index (χ3n) is 3.28. The number of nitrogens with one attached hydrogen (secondary N) is 1. The van der Waals surface area contributed by atoms with Gasteiger partial charge in [0, 0.05) is 5.02 Å². The lowest BCUT2D eigenvalue weighted by Gasteiger charge is -2.26. The van der Waals surface area contributed by atoms with Gasteiger partial charge in [0.05, 0.1) is 6.54 Å². The summed E-state index contributed by atoms with van der Waals surface area (Å²) in [5, 5.41) is 3.39. The molecule has 0 radical (unpaired) electrons. The molecule has 2 aromatic rings. The molecule has 1 aliphatic rings. The maximum Gasteiger partial charge on any atom is 0.258 e. The van der Waals surface area contributed by atoms with Gasteiger partial charge in [-0.15, -0.1) is 0 Å². The molecule has 0 bridgehead atoms. The lowest BCUT2D eigenvalue weighted by atomic mass is 10.2. The van der Waals surface area contributed by atoms with Gasteiger partial charge in [0.15, 0.2) is 18.1 Å². The summed E-state index contributed by atoms with van der Waals surface area (Å²) in [6.45, 7) is 0.693. The number of carbonyl (C=O) groups is 1. The Hall–Kier alpha value is -2.40. The molecular formula is C17H16ClNO4. The van der Waals surface area contributed by atoms with Crippen molar-refractivity contribution in [2.75, 3.05) is 19.8 Å². The zero-order valence-electron chi connectivity index (χ0n) is 12.3. The van der Waals surface area contributed by atoms with E-state index < -0.39 is 0 Å². The minimum absolute atomic E-state index is 0.0637. The van der Waals surface area contributed by atoms with Crippen LogP contribution in [-0.2, 0) is 4.79 Å². The van der Waals surface area contributed by atoms with E-state index in [1.165, 1.54) is 0 Å². The van der Waals surface area contributed by atoms with Crippen LogP contribution in [0.2, 0.25) is 5.02 Å². The molecule has 3 rings (SSSR count). The lowest BCUT2D eigenvalue weighted by molar-refractivity contribution is -0.123. The van der Waals surface area contributed by atoms with Crippen LogP contribution in [0.3, 0.4) is 0 Å². The Kier molecular flexibility index (Phi) is 4.88. The molecule has 0 spiro atoms. The van der Waals surface area contributed by atoms with Crippen molar-refractivity contribution in [3.63, 3.8) is 0 Å². The van der Waals surface area contributed by atoms with E-state index >= 15 is 0 Å². The van der Waals surface area contributed by atoms with Gasteiger partial charge in [-0.2, -0.15) is 0 Å². The zero-order valence-corrected chi connectivity index (χ0v) is 13.1. The fraction of sp³-hybridized carbons (Fsp3) is 0.235. The monoisotopic (exact) mass is 333 g/mol. The number of hydrogen-bond acceptors (Lipinski definition) is 4. The first-order chi connectivity index (χ1) is 11.2. The van der Waals surface area contributed by atoms with Gasteiger partial charge >= 0.3 is 0 Å². The number of fused-ring (bicyclic) bond motifs is 1. The van der Waals surface area contributed by atoms with Crippen LogP contribution in [0.15, 0.2) is 48.5 Å². The Bertz CT molecular complexity index is 675. The summed E-state index contributed by atoms with van der Waals surface area (Å²) in [5.74, 6) is 1.79. The molecule has 0 aromatic heterocycles. The Labute approximate surface area is 139 Å². The van der Waals surface area contributed by atoms with Gasteiger partial charge in [-0.1, -0.05) is 23.7 Å². The molecule has 120 valence electrons. The van der Waals surface area contributed by atoms with E-state index in [1.54, 1.807) is 24.3 Å². The average molecular weight is 334 g/mol. The van der Waals surface area contributed by atoms with Gasteiger partial charge in [0.1, 0.15) is 18.5 Å². The number of hydrogen-bond donors (Lipinski definition) is 1. The quantitative estimate of drug-likeness (QED) is 0.914. The van der Waals surface area contributed by atoms with Crippen molar-refractivity contribution < 1.29 is 19.0 Å². The van der Waals surface area contributed by atoms with Crippen LogP contribution in [0.25, 0.3) is 0 Å². The topological polar surface area (TPSA) is 56.8 Å². The zero-order chi connectivity index (χ0) is 16.1. The van der Waals surface area contributed by atoms with Gasteiger partial charge < -0.3 is 19.5 Å². The van der Waals surface area contributed by atoms with Crippen molar-refractivity contribution in [2.24, 2.45) is 0 Å². The summed E-state index contributed by atoms with van der Waals surface area (Å²) >= 11 is 5.79. The molecule has 1 amide bonds. The normalized spacial score (nSPS) is 15.8. The van der Waals surface area contributed by atoms with Crippen LogP contribution in [0.1, 0.15) is 0 Å². The van der Waals surface area contributed by atoms with E-state index in [2.05, 4.69) is 5.32 Å². The standard InChI is InChI=1S/C17H16ClNO4/c18-12-5-7-13(8-6-12)21-11-17(20)19-9-14-10-22-15-3-1-2-4-16(15)23-14/h1-8,14H,9-11H2,(H,19,20). The third-order valence-corrected chi connectivity index (χ3v) is 3.53. The molecule has 2 aromatic carbocycles. The van der Waals surface area contributed by atoms with Gasteiger partial charge in [-0.3, -0.25) is 4.79 Å². The third kappa shape index (κ3) is 4.29. The molecule has 0 aliphatic carbocycles. The van der Waals surface area contributed by atoms with Gasteiger partial charge in [-0.05, 0) is 36.4 Å². The van der Waals surface area contributed by atoms with Crippen molar-refractivity contribution in [2.45, 2.75) is 6.10 Å². The lowest BCUT2D eigenvalue weighted by Crippen LogP contribution is -2.42. The summed E-state index contributed by atoms with van der Waals surface area (Å²) in [6, 6.07) is 14.3. The molecule has 1 unspecified atom stereocenters. The number of carbonyl (C=O) groups excluding carboxylic acids is 1. The van der Waals surface area contributed by atoms with Crippen LogP contribution in [0.5, 0.6) is 17.2 Å². The van der Waals surface area contributed by atoms with Crippen LogP contribution in [0, 0.1) is 0 Å². The first kappa shape index (κ1) is 15.5. The summed E-state index contributed by atoms with van der Waals surface area (Å²) in [4.78, 5) is 11.8. The summed E-state index contributed by atoms with van der Waals surface area (Å²) in [6.07, 6.45) is -0.218. The Morgan fingerprint density at radius 2 is 1.91 bits per heavy atom. The van der Waals surface area contributed by atoms with Crippen molar-refractivity contribution in [3.05, 3.63) is 53.6 Å². The van der Waals surface area contributed by atoms with Gasteiger partial charge in [0.2, 0.25) is 0 Å². The second-order valence-corrected chi connectivity index (χ2v) is 5.48. The second-order valence-electron chi connectivity index (χ2n) is 5.04. The number of benzene rings is 2. The molecule has 0 saturated carbocycles. The Balaban J connectivity index is 1.42. The van der Waals surface area contributed by atoms with Crippen LogP contribution in [0.4, 0.5) is 0 Å². The van der Waals surface area contributed by atoms with Crippen molar-refractivity contribution in [1.82, 2.24) is 5.32 Å². The number of halogens is 1. The molecule has 23 heavy (non-hydrogen) atoms. The molecule has 1 atom stereocenters. The summed E-state index contributed by atoms with van der Waals surface area (Å²) < 4.78 is 16.7. The van der Waals surface area contributed by atoms with E-state index in [1.807, 2.05) is 24.3 Å². The molecule has 1 aliphatic heterocycles. The van der Waals surface area contributed by atoms with Crippen LogP contribution in [-0.4, -0.2) is 31.8 Å². The fourth-order valence-electron chi connectivity index (χ4n) is 2.12. The van der Waals surface area contributed by atoms with Crippen molar-refractivity contribution in [3.8, 4) is 17.2 Å². The predicted molar refractivity (Wildman–Crippen MR) is 86.3 cm³/mol. The highest BCUT2D eigenvalue weighted by Gasteiger charge is 2.20. The molecule has 1 N–H and O–H groups in total. The van der Waals surface area contributed by atoms with Crippen molar-refractivity contribution >= 4 is 17.5 Å². The highest BCUT2D eigenvalue weighted by Crippen LogP contribution is 2.30. The predicted octanol–water partition coefficient (Wildman–Crippen LogP) is 2.68. The SMILES string of the molecule is O=C(COc1ccc(Cl)cc1)NCC1COc2ccccc2O1. The number of amides is 1. The largest absolute Gasteiger partial charge is 0.486 e. The van der Waals surface area contributed by atoms with E-state index in [0.29, 0.717) is 29.7 Å². The number of rotatable bonds is 5. The molecule has 1 heterocycles. The van der Waals surface area contributed by atoms with Gasteiger partial charge in [0.25, 0.3) is 5.91 Å². The van der Waals surface area contributed by atoms with E-state index in [9.17, 15) is 4.79 Å². The first-order valence-corrected chi connectivity index (χ1v) is 7.62. The maximum atomic E-state index is 11.8. The first-order valence-electron chi connectivity index (χ1n) is 7.24. The Morgan fingerprint density at radius 1 is 1.17 bits per heavy atom.